The third-order valence-corrected chi connectivity index (χ3v) is 7.26. The summed E-state index contributed by atoms with van der Waals surface area (Å²) >= 11 is 0. The lowest BCUT2D eigenvalue weighted by Crippen LogP contribution is -2.56. The first-order chi connectivity index (χ1) is 21.3. The molecule has 1 atom stereocenters. The number of nitrogens with zero attached hydrogens (tertiary/aromatic N) is 2. The Labute approximate surface area is 272 Å². The van der Waals surface area contributed by atoms with Crippen LogP contribution in [0.5, 0.6) is 0 Å². The van der Waals surface area contributed by atoms with Gasteiger partial charge in [0.2, 0.25) is 0 Å². The molecule has 0 aliphatic carbocycles. The van der Waals surface area contributed by atoms with Crippen molar-refractivity contribution in [1.29, 1.82) is 0 Å². The van der Waals surface area contributed by atoms with Gasteiger partial charge in [-0.25, -0.2) is 19.4 Å². The van der Waals surface area contributed by atoms with Crippen LogP contribution in [0.25, 0.3) is 0 Å². The van der Waals surface area contributed by atoms with E-state index in [0.29, 0.717) is 50.3 Å². The summed E-state index contributed by atoms with van der Waals surface area (Å²) in [5, 5.41) is 8.44. The number of unbranched alkanes of at least 4 members (excludes halogenated alkanes) is 1. The number of nitrogens with one attached hydrogen (secondary N) is 4. The maximum atomic E-state index is 13.0. The van der Waals surface area contributed by atoms with Crippen LogP contribution in [-0.4, -0.2) is 75.7 Å². The Kier molecular flexibility index (Phi) is 11.9. The molecule has 2 aromatic rings. The highest BCUT2D eigenvalue weighted by Gasteiger charge is 2.35. The van der Waals surface area contributed by atoms with Crippen molar-refractivity contribution >= 4 is 24.0 Å². The molecule has 12 nitrogen and oxygen atoms in total. The number of H-pyrrole nitrogens is 1. The number of hydrogen-bond acceptors (Lipinski definition) is 7. The predicted molar refractivity (Wildman–Crippen MR) is 175 cm³/mol. The summed E-state index contributed by atoms with van der Waals surface area (Å²) < 4.78 is 10.8. The van der Waals surface area contributed by atoms with Crippen LogP contribution in [0.3, 0.4) is 0 Å². The fraction of sp³-hybridized carbons (Fsp3) is 0.618. The molecule has 0 saturated carbocycles. The maximum absolute atomic E-state index is 13.0. The van der Waals surface area contributed by atoms with E-state index in [1.807, 2.05) is 24.3 Å². The van der Waals surface area contributed by atoms with Gasteiger partial charge in [0.05, 0.1) is 6.54 Å². The van der Waals surface area contributed by atoms with Crippen LogP contribution < -0.4 is 16.0 Å². The number of esters is 1. The highest BCUT2D eigenvalue weighted by molar-refractivity contribution is 5.94. The van der Waals surface area contributed by atoms with Crippen LogP contribution in [0.15, 0.2) is 30.5 Å². The molecular weight excluding hydrogens is 588 g/mol. The van der Waals surface area contributed by atoms with Gasteiger partial charge in [-0.3, -0.25) is 4.79 Å². The van der Waals surface area contributed by atoms with Crippen LogP contribution in [0.4, 0.5) is 9.59 Å². The topological polar surface area (TPSA) is 155 Å². The third-order valence-electron chi connectivity index (χ3n) is 7.26. The number of benzene rings is 1. The van der Waals surface area contributed by atoms with E-state index >= 15 is 0 Å². The van der Waals surface area contributed by atoms with Gasteiger partial charge < -0.3 is 35.3 Å². The van der Waals surface area contributed by atoms with Gasteiger partial charge in [-0.15, -0.1) is 0 Å². The molecule has 1 saturated heterocycles. The minimum atomic E-state index is -0.820. The number of hydrogen-bond donors (Lipinski definition) is 4. The number of ether oxygens (including phenoxy) is 2. The van der Waals surface area contributed by atoms with Gasteiger partial charge in [-0.05, 0) is 83.9 Å². The number of imidazole rings is 1. The molecule has 1 aromatic carbocycles. The molecule has 1 aromatic heterocycles. The van der Waals surface area contributed by atoms with Gasteiger partial charge in [0.25, 0.3) is 5.91 Å². The first kappa shape index (κ1) is 36.4. The van der Waals surface area contributed by atoms with E-state index < -0.39 is 29.3 Å². The maximum Gasteiger partial charge on any atom is 0.407 e. The van der Waals surface area contributed by atoms with Crippen LogP contribution in [0, 0.1) is 0 Å². The average molecular weight is 641 g/mol. The molecule has 0 bridgehead atoms. The summed E-state index contributed by atoms with van der Waals surface area (Å²) in [6, 6.07) is 6.44. The van der Waals surface area contributed by atoms with Crippen molar-refractivity contribution in [2.24, 2.45) is 0 Å². The number of carbonyl (C=O) groups excluding carboxylic acids is 4. The number of alkyl carbamates (subject to hydrolysis) is 1. The van der Waals surface area contributed by atoms with E-state index in [9.17, 15) is 19.2 Å². The molecule has 1 fully saturated rings. The van der Waals surface area contributed by atoms with Gasteiger partial charge in [-0.2, -0.15) is 0 Å². The van der Waals surface area contributed by atoms with Gasteiger partial charge in [0, 0.05) is 43.0 Å². The Hall–Kier alpha value is -4.09. The van der Waals surface area contributed by atoms with E-state index in [2.05, 4.69) is 46.7 Å². The molecule has 254 valence electrons. The summed E-state index contributed by atoms with van der Waals surface area (Å²) in [7, 11) is 0. The highest BCUT2D eigenvalue weighted by atomic mass is 16.6. The largest absolute Gasteiger partial charge is 0.458 e. The zero-order chi connectivity index (χ0) is 34.3. The standard InChI is InChI=1S/C34H52N6O6/c1-32(2,3)24-15-13-22(14-16-24)28(41)37-19-27-36-18-26(38-27)23-20-40(21-23)30(43)39-25(29(42)45-33(4,5)6)12-10-11-17-35-31(44)46-34(7,8)9/h13-16,18,23,25H,10-12,17,19-21H2,1-9H3,(H,35,44)(H,36,38)(H,37,41)(H,39,43)/t25-/m0/s1. The smallest absolute Gasteiger partial charge is 0.407 e. The normalized spacial score (nSPS) is 14.6. The molecule has 1 aliphatic heterocycles. The molecule has 1 aliphatic rings. The molecule has 12 heteroatoms. The lowest BCUT2D eigenvalue weighted by atomic mass is 9.87. The number of aromatic nitrogens is 2. The second-order valence-electron chi connectivity index (χ2n) is 14.9. The van der Waals surface area contributed by atoms with Crippen LogP contribution in [0.1, 0.15) is 115 Å². The van der Waals surface area contributed by atoms with Crippen molar-refractivity contribution in [3.05, 3.63) is 53.1 Å². The summed E-state index contributed by atoms with van der Waals surface area (Å²) in [5.74, 6) is 0.0161. The Morgan fingerprint density at radius 1 is 0.913 bits per heavy atom. The fourth-order valence-corrected chi connectivity index (χ4v) is 4.74. The molecule has 4 amide bonds. The third kappa shape index (κ3) is 11.7. The van der Waals surface area contributed by atoms with Crippen molar-refractivity contribution in [2.45, 2.75) is 117 Å². The highest BCUT2D eigenvalue weighted by Crippen LogP contribution is 2.26. The monoisotopic (exact) mass is 640 g/mol. The Bertz CT molecular complexity index is 1340. The molecular formula is C34H52N6O6. The number of likely N-dealkylation sites (tertiary alicyclic amines) is 1. The summed E-state index contributed by atoms with van der Waals surface area (Å²) in [5.41, 5.74) is 1.36. The quantitative estimate of drug-likeness (QED) is 0.196. The van der Waals surface area contributed by atoms with E-state index in [4.69, 9.17) is 9.47 Å². The van der Waals surface area contributed by atoms with Crippen molar-refractivity contribution < 1.29 is 28.7 Å². The minimum absolute atomic E-state index is 0.0145. The molecule has 0 unspecified atom stereocenters. The molecule has 46 heavy (non-hydrogen) atoms. The molecule has 0 spiro atoms. The number of amides is 4. The average Bonchev–Trinajstić information content (AvgIpc) is 3.36. The number of carbonyl (C=O) groups is 4. The number of rotatable bonds is 11. The number of aromatic amines is 1. The molecule has 2 heterocycles. The fourth-order valence-electron chi connectivity index (χ4n) is 4.74. The SMILES string of the molecule is CC(C)(C)OC(=O)NCCCC[C@H](NC(=O)N1CC(c2cnc(CNC(=O)c3ccc(C(C)(C)C)cc3)[nH]2)C1)C(=O)OC(C)(C)C. The molecule has 0 radical (unpaired) electrons. The molecule has 4 N–H and O–H groups in total. The first-order valence-electron chi connectivity index (χ1n) is 16.0. The summed E-state index contributed by atoms with van der Waals surface area (Å²) in [6.45, 7) is 18.7. The summed E-state index contributed by atoms with van der Waals surface area (Å²) in [4.78, 5) is 59.7. The first-order valence-corrected chi connectivity index (χ1v) is 16.0. The predicted octanol–water partition coefficient (Wildman–Crippen LogP) is 5.15. The second-order valence-corrected chi connectivity index (χ2v) is 14.9. The van der Waals surface area contributed by atoms with Crippen LogP contribution >= 0.6 is 0 Å². The Balaban J connectivity index is 1.46. The van der Waals surface area contributed by atoms with Gasteiger partial charge in [0.1, 0.15) is 23.1 Å². The Morgan fingerprint density at radius 3 is 2.13 bits per heavy atom. The Morgan fingerprint density at radius 2 is 1.54 bits per heavy atom. The van der Waals surface area contributed by atoms with E-state index in [1.54, 1.807) is 52.6 Å². The van der Waals surface area contributed by atoms with Crippen molar-refractivity contribution in [3.8, 4) is 0 Å². The zero-order valence-electron chi connectivity index (χ0n) is 28.8. The minimum Gasteiger partial charge on any atom is -0.458 e. The molecule has 3 rings (SSSR count). The lowest BCUT2D eigenvalue weighted by Gasteiger charge is -2.39. The van der Waals surface area contributed by atoms with Gasteiger partial charge >= 0.3 is 18.1 Å². The van der Waals surface area contributed by atoms with E-state index in [1.165, 1.54) is 0 Å². The second kappa shape index (κ2) is 15.0. The van der Waals surface area contributed by atoms with E-state index in [-0.39, 0.29) is 29.8 Å². The summed E-state index contributed by atoms with van der Waals surface area (Å²) in [6.07, 6.45) is 2.79. The van der Waals surface area contributed by atoms with Gasteiger partial charge in [0.15, 0.2) is 0 Å². The number of urea groups is 1. The van der Waals surface area contributed by atoms with Crippen molar-refractivity contribution in [1.82, 2.24) is 30.8 Å². The van der Waals surface area contributed by atoms with Gasteiger partial charge in [-0.1, -0.05) is 32.9 Å². The van der Waals surface area contributed by atoms with Crippen LogP contribution in [0.2, 0.25) is 0 Å². The lowest BCUT2D eigenvalue weighted by molar-refractivity contribution is -0.157. The van der Waals surface area contributed by atoms with Crippen molar-refractivity contribution in [2.75, 3.05) is 19.6 Å². The zero-order valence-corrected chi connectivity index (χ0v) is 28.8. The van der Waals surface area contributed by atoms with Crippen LogP contribution in [-0.2, 0) is 26.2 Å². The van der Waals surface area contributed by atoms with E-state index in [0.717, 1.165) is 11.3 Å². The van der Waals surface area contributed by atoms with Crippen molar-refractivity contribution in [3.63, 3.8) is 0 Å².